The van der Waals surface area contributed by atoms with Crippen molar-refractivity contribution in [3.05, 3.63) is 62.1 Å². The number of nitrogens with one attached hydrogen (secondary N) is 1. The quantitative estimate of drug-likeness (QED) is 0.437. The summed E-state index contributed by atoms with van der Waals surface area (Å²) in [6.45, 7) is -0.329. The lowest BCUT2D eigenvalue weighted by molar-refractivity contribution is -0.384. The lowest BCUT2D eigenvalue weighted by Crippen LogP contribution is -2.24. The molecule has 136 valence electrons. The molecule has 2 rings (SSSR count). The molecule has 0 saturated carbocycles. The summed E-state index contributed by atoms with van der Waals surface area (Å²) >= 11 is 11.7. The number of amides is 1. The summed E-state index contributed by atoms with van der Waals surface area (Å²) in [6.07, 6.45) is 1.24. The number of ether oxygens (including phenoxy) is 2. The zero-order chi connectivity index (χ0) is 19.1. The Morgan fingerprint density at radius 2 is 2.00 bits per heavy atom. The summed E-state index contributed by atoms with van der Waals surface area (Å²) in [5, 5.41) is 15.3. The number of rotatable bonds is 7. The van der Waals surface area contributed by atoms with E-state index < -0.39 is 10.8 Å². The van der Waals surface area contributed by atoms with Gasteiger partial charge in [-0.25, -0.2) is 5.43 Å². The Morgan fingerprint density at radius 3 is 2.65 bits per heavy atom. The largest absolute Gasteiger partial charge is 0.496 e. The first-order chi connectivity index (χ1) is 12.4. The zero-order valence-electron chi connectivity index (χ0n) is 13.4. The van der Waals surface area contributed by atoms with Crippen molar-refractivity contribution in [3.63, 3.8) is 0 Å². The molecule has 2 aromatic rings. The van der Waals surface area contributed by atoms with E-state index in [4.69, 9.17) is 32.7 Å². The van der Waals surface area contributed by atoms with Crippen molar-refractivity contribution >= 4 is 41.0 Å². The predicted octanol–water partition coefficient (Wildman–Crippen LogP) is 3.44. The molecule has 0 aliphatic rings. The summed E-state index contributed by atoms with van der Waals surface area (Å²) in [5.41, 5.74) is 2.45. The monoisotopic (exact) mass is 397 g/mol. The molecule has 10 heteroatoms. The highest BCUT2D eigenvalue weighted by molar-refractivity contribution is 6.35. The van der Waals surface area contributed by atoms with Crippen LogP contribution in [-0.4, -0.2) is 30.8 Å². The molecule has 0 aromatic heterocycles. The van der Waals surface area contributed by atoms with Crippen LogP contribution in [0, 0.1) is 10.1 Å². The first-order valence-electron chi connectivity index (χ1n) is 7.13. The second-order valence-electron chi connectivity index (χ2n) is 4.84. The minimum atomic E-state index is -0.545. The maximum Gasteiger partial charge on any atom is 0.277 e. The number of non-ortho nitro benzene ring substituents is 1. The van der Waals surface area contributed by atoms with Gasteiger partial charge in [0.15, 0.2) is 6.61 Å². The second kappa shape index (κ2) is 9.02. The maximum atomic E-state index is 11.8. The standard InChI is InChI=1S/C16H13Cl2N3O5/c1-25-14-5-3-12(21(23)24)6-10(14)8-19-20-16(22)9-26-15-4-2-11(17)7-13(15)18/h2-8H,9H2,1H3,(H,20,22)/b19-8+. The van der Waals surface area contributed by atoms with Crippen LogP contribution in [0.15, 0.2) is 41.5 Å². The first kappa shape index (κ1) is 19.5. The summed E-state index contributed by atoms with van der Waals surface area (Å²) < 4.78 is 10.4. The van der Waals surface area contributed by atoms with Gasteiger partial charge in [0, 0.05) is 22.7 Å². The Morgan fingerprint density at radius 1 is 1.27 bits per heavy atom. The van der Waals surface area contributed by atoms with Crippen LogP contribution < -0.4 is 14.9 Å². The predicted molar refractivity (Wildman–Crippen MR) is 97.3 cm³/mol. The number of hydrazone groups is 1. The Balaban J connectivity index is 1.96. The Hall–Kier alpha value is -2.84. The lowest BCUT2D eigenvalue weighted by Gasteiger charge is -2.07. The molecule has 26 heavy (non-hydrogen) atoms. The number of hydrogen-bond acceptors (Lipinski definition) is 6. The minimum Gasteiger partial charge on any atom is -0.496 e. The number of nitro benzene ring substituents is 1. The molecule has 0 atom stereocenters. The van der Waals surface area contributed by atoms with Crippen molar-refractivity contribution in [2.45, 2.75) is 0 Å². The van der Waals surface area contributed by atoms with E-state index in [2.05, 4.69) is 10.5 Å². The van der Waals surface area contributed by atoms with Gasteiger partial charge in [-0.1, -0.05) is 23.2 Å². The van der Waals surface area contributed by atoms with Gasteiger partial charge in [-0.15, -0.1) is 0 Å². The molecule has 0 unspecified atom stereocenters. The van der Waals surface area contributed by atoms with Gasteiger partial charge >= 0.3 is 0 Å². The van der Waals surface area contributed by atoms with Crippen molar-refractivity contribution in [3.8, 4) is 11.5 Å². The summed E-state index contributed by atoms with van der Waals surface area (Å²) in [6, 6.07) is 8.62. The minimum absolute atomic E-state index is 0.126. The number of carbonyl (C=O) groups excluding carboxylic acids is 1. The molecule has 0 heterocycles. The van der Waals surface area contributed by atoms with Crippen LogP contribution in [0.5, 0.6) is 11.5 Å². The summed E-state index contributed by atoms with van der Waals surface area (Å²) in [4.78, 5) is 22.0. The van der Waals surface area contributed by atoms with Crippen molar-refractivity contribution in [2.24, 2.45) is 5.10 Å². The third-order valence-electron chi connectivity index (χ3n) is 3.07. The van der Waals surface area contributed by atoms with Crippen LogP contribution >= 0.6 is 23.2 Å². The number of benzene rings is 2. The van der Waals surface area contributed by atoms with E-state index in [1.165, 1.54) is 43.7 Å². The molecule has 1 amide bonds. The van der Waals surface area contributed by atoms with Crippen LogP contribution in [0.1, 0.15) is 5.56 Å². The fourth-order valence-electron chi connectivity index (χ4n) is 1.88. The summed E-state index contributed by atoms with van der Waals surface area (Å²) in [5.74, 6) is 0.130. The molecule has 0 spiro atoms. The highest BCUT2D eigenvalue weighted by atomic mass is 35.5. The van der Waals surface area contributed by atoms with Gasteiger partial charge in [-0.2, -0.15) is 5.10 Å². The van der Waals surface area contributed by atoms with Crippen molar-refractivity contribution in [2.75, 3.05) is 13.7 Å². The smallest absolute Gasteiger partial charge is 0.277 e. The lowest BCUT2D eigenvalue weighted by atomic mass is 10.2. The Bertz CT molecular complexity index is 858. The van der Waals surface area contributed by atoms with E-state index in [-0.39, 0.29) is 17.3 Å². The molecule has 8 nitrogen and oxygen atoms in total. The molecule has 0 aliphatic carbocycles. The van der Waals surface area contributed by atoms with Crippen LogP contribution in [0.3, 0.4) is 0 Å². The average molecular weight is 398 g/mol. The van der Waals surface area contributed by atoms with Gasteiger partial charge in [-0.3, -0.25) is 14.9 Å². The summed E-state index contributed by atoms with van der Waals surface area (Å²) in [7, 11) is 1.42. The highest BCUT2D eigenvalue weighted by Gasteiger charge is 2.10. The van der Waals surface area contributed by atoms with Crippen LogP contribution in [0.25, 0.3) is 0 Å². The van der Waals surface area contributed by atoms with Gasteiger partial charge in [0.2, 0.25) is 0 Å². The number of halogens is 2. The molecule has 0 saturated heterocycles. The average Bonchev–Trinajstić information content (AvgIpc) is 2.60. The van der Waals surface area contributed by atoms with Crippen LogP contribution in [0.4, 0.5) is 5.69 Å². The zero-order valence-corrected chi connectivity index (χ0v) is 15.0. The third-order valence-corrected chi connectivity index (χ3v) is 3.60. The first-order valence-corrected chi connectivity index (χ1v) is 7.88. The molecule has 1 N–H and O–H groups in total. The third kappa shape index (κ3) is 5.33. The number of methoxy groups -OCH3 is 1. The molecular formula is C16H13Cl2N3O5. The molecule has 0 bridgehead atoms. The van der Waals surface area contributed by atoms with E-state index in [1.54, 1.807) is 6.07 Å². The topological polar surface area (TPSA) is 103 Å². The number of nitro groups is 1. The molecule has 0 aliphatic heterocycles. The van der Waals surface area contributed by atoms with E-state index >= 15 is 0 Å². The normalized spacial score (nSPS) is 10.6. The number of carbonyl (C=O) groups is 1. The van der Waals surface area contributed by atoms with Crippen LogP contribution in [-0.2, 0) is 4.79 Å². The van der Waals surface area contributed by atoms with Gasteiger partial charge in [-0.05, 0) is 24.3 Å². The van der Waals surface area contributed by atoms with Gasteiger partial charge in [0.05, 0.1) is 23.3 Å². The van der Waals surface area contributed by atoms with E-state index in [9.17, 15) is 14.9 Å². The van der Waals surface area contributed by atoms with Crippen molar-refractivity contribution in [1.29, 1.82) is 0 Å². The molecule has 0 fully saturated rings. The second-order valence-corrected chi connectivity index (χ2v) is 5.68. The Kier molecular flexibility index (Phi) is 6.76. The Labute approximate surface area is 158 Å². The SMILES string of the molecule is COc1ccc([N+](=O)[O-])cc1/C=N/NC(=O)COc1ccc(Cl)cc1Cl. The fourth-order valence-corrected chi connectivity index (χ4v) is 2.34. The van der Waals surface area contributed by atoms with Gasteiger partial charge in [0.1, 0.15) is 11.5 Å². The van der Waals surface area contributed by atoms with Gasteiger partial charge < -0.3 is 9.47 Å². The van der Waals surface area contributed by atoms with E-state index in [0.717, 1.165) is 0 Å². The van der Waals surface area contributed by atoms with Gasteiger partial charge in [0.25, 0.3) is 11.6 Å². The van der Waals surface area contributed by atoms with E-state index in [1.807, 2.05) is 0 Å². The maximum absolute atomic E-state index is 11.8. The molecular weight excluding hydrogens is 385 g/mol. The van der Waals surface area contributed by atoms with Crippen molar-refractivity contribution < 1.29 is 19.2 Å². The molecule has 0 radical (unpaired) electrons. The highest BCUT2D eigenvalue weighted by Crippen LogP contribution is 2.27. The van der Waals surface area contributed by atoms with E-state index in [0.29, 0.717) is 22.1 Å². The number of nitrogens with zero attached hydrogens (tertiary/aromatic N) is 2. The molecule has 2 aromatic carbocycles. The number of hydrogen-bond donors (Lipinski definition) is 1. The fraction of sp³-hybridized carbons (Fsp3) is 0.125. The van der Waals surface area contributed by atoms with Crippen molar-refractivity contribution in [1.82, 2.24) is 5.43 Å². The van der Waals surface area contributed by atoms with Crippen LogP contribution in [0.2, 0.25) is 10.0 Å².